The molecule has 0 spiro atoms. The molecule has 4 heteroatoms. The molecule has 1 N–H and O–H groups in total. The van der Waals surface area contributed by atoms with Crippen LogP contribution in [0.4, 0.5) is 5.82 Å². The van der Waals surface area contributed by atoms with E-state index in [9.17, 15) is 5.11 Å². The molecule has 5 rings (SSSR count). The van der Waals surface area contributed by atoms with Gasteiger partial charge in [0.1, 0.15) is 5.82 Å². The van der Waals surface area contributed by atoms with E-state index in [1.807, 2.05) is 0 Å². The van der Waals surface area contributed by atoms with E-state index < -0.39 is 0 Å². The fourth-order valence-electron chi connectivity index (χ4n) is 5.83. The summed E-state index contributed by atoms with van der Waals surface area (Å²) >= 11 is 0. The van der Waals surface area contributed by atoms with Crippen molar-refractivity contribution in [3.8, 4) is 0 Å². The number of piperidine rings is 2. The number of aromatic nitrogens is 1. The van der Waals surface area contributed by atoms with Crippen LogP contribution in [0.2, 0.25) is 0 Å². The molecule has 0 saturated carbocycles. The number of likely N-dealkylation sites (N-methyl/N-ethyl adjacent to an activating group) is 1. The highest BCUT2D eigenvalue weighted by atomic mass is 16.3. The number of pyridine rings is 1. The summed E-state index contributed by atoms with van der Waals surface area (Å²) in [6, 6.07) is 7.41. The van der Waals surface area contributed by atoms with Crippen LogP contribution in [0.3, 0.4) is 0 Å². The first-order valence-electron chi connectivity index (χ1n) is 10.6. The van der Waals surface area contributed by atoms with Gasteiger partial charge in [0.25, 0.3) is 0 Å². The van der Waals surface area contributed by atoms with Crippen LogP contribution in [0.25, 0.3) is 10.9 Å². The van der Waals surface area contributed by atoms with E-state index in [-0.39, 0.29) is 5.41 Å². The highest BCUT2D eigenvalue weighted by Crippen LogP contribution is 2.42. The first kappa shape index (κ1) is 17.4. The molecule has 0 amide bonds. The predicted octanol–water partition coefficient (Wildman–Crippen LogP) is 3.31. The predicted molar refractivity (Wildman–Crippen MR) is 111 cm³/mol. The Hall–Kier alpha value is -1.65. The summed E-state index contributed by atoms with van der Waals surface area (Å²) in [5, 5.41) is 11.5. The minimum absolute atomic E-state index is 0.0796. The molecule has 2 aromatic rings. The highest BCUT2D eigenvalue weighted by Gasteiger charge is 2.46. The first-order chi connectivity index (χ1) is 13.1. The SMILES string of the molecule is Cc1cc(N2CC[C@@]3(CO)CCCN(C)[C@@H]3C2)nc2cc3c(cc12)CCC3. The Balaban J connectivity index is 1.50. The van der Waals surface area contributed by atoms with E-state index in [4.69, 9.17) is 4.98 Å². The maximum Gasteiger partial charge on any atom is 0.129 e. The van der Waals surface area contributed by atoms with E-state index >= 15 is 0 Å². The first-order valence-corrected chi connectivity index (χ1v) is 10.6. The second-order valence-corrected chi connectivity index (χ2v) is 9.11. The van der Waals surface area contributed by atoms with Crippen molar-refractivity contribution in [2.24, 2.45) is 5.41 Å². The highest BCUT2D eigenvalue weighted by molar-refractivity contribution is 5.85. The number of benzene rings is 1. The number of likely N-dealkylation sites (tertiary alicyclic amines) is 1. The minimum Gasteiger partial charge on any atom is -0.396 e. The second-order valence-electron chi connectivity index (χ2n) is 9.11. The van der Waals surface area contributed by atoms with Crippen LogP contribution in [-0.2, 0) is 12.8 Å². The third-order valence-corrected chi connectivity index (χ3v) is 7.55. The number of rotatable bonds is 2. The van der Waals surface area contributed by atoms with Crippen LogP contribution in [-0.4, -0.2) is 54.3 Å². The van der Waals surface area contributed by atoms with E-state index in [0.717, 1.165) is 43.8 Å². The number of fused-ring (bicyclic) bond motifs is 3. The number of hydrogen-bond donors (Lipinski definition) is 1. The van der Waals surface area contributed by atoms with Crippen molar-refractivity contribution in [1.29, 1.82) is 0 Å². The van der Waals surface area contributed by atoms with Crippen LogP contribution >= 0.6 is 0 Å². The topological polar surface area (TPSA) is 39.6 Å². The summed E-state index contributed by atoms with van der Waals surface area (Å²) in [4.78, 5) is 10.0. The molecule has 1 aromatic carbocycles. The van der Waals surface area contributed by atoms with E-state index in [1.54, 1.807) is 0 Å². The minimum atomic E-state index is 0.0796. The maximum atomic E-state index is 10.2. The summed E-state index contributed by atoms with van der Waals surface area (Å²) in [5.41, 5.74) is 5.59. The van der Waals surface area contributed by atoms with Crippen molar-refractivity contribution < 1.29 is 5.11 Å². The van der Waals surface area contributed by atoms with Crippen molar-refractivity contribution in [2.45, 2.75) is 51.5 Å². The smallest absolute Gasteiger partial charge is 0.129 e. The van der Waals surface area contributed by atoms with Crippen molar-refractivity contribution in [3.63, 3.8) is 0 Å². The number of aliphatic hydroxyl groups is 1. The van der Waals surface area contributed by atoms with Gasteiger partial charge in [-0.3, -0.25) is 0 Å². The molecular weight excluding hydrogens is 334 g/mol. The van der Waals surface area contributed by atoms with Crippen molar-refractivity contribution in [2.75, 3.05) is 38.2 Å². The molecule has 3 heterocycles. The Morgan fingerprint density at radius 3 is 2.74 bits per heavy atom. The Morgan fingerprint density at radius 2 is 1.93 bits per heavy atom. The Morgan fingerprint density at radius 1 is 1.11 bits per heavy atom. The van der Waals surface area contributed by atoms with Crippen molar-refractivity contribution >= 4 is 16.7 Å². The molecule has 1 aliphatic carbocycles. The molecule has 1 aromatic heterocycles. The lowest BCUT2D eigenvalue weighted by molar-refractivity contribution is -0.0277. The maximum absolute atomic E-state index is 10.2. The Kier molecular flexibility index (Phi) is 4.17. The van der Waals surface area contributed by atoms with Crippen LogP contribution in [0.5, 0.6) is 0 Å². The lowest BCUT2D eigenvalue weighted by Crippen LogP contribution is -2.61. The fourth-order valence-corrected chi connectivity index (χ4v) is 5.83. The van der Waals surface area contributed by atoms with E-state index in [2.05, 4.69) is 42.0 Å². The lowest BCUT2D eigenvalue weighted by Gasteiger charge is -2.53. The largest absolute Gasteiger partial charge is 0.396 e. The van der Waals surface area contributed by atoms with Gasteiger partial charge in [-0.15, -0.1) is 0 Å². The van der Waals surface area contributed by atoms with Gasteiger partial charge in [-0.25, -0.2) is 4.98 Å². The van der Waals surface area contributed by atoms with Crippen LogP contribution in [0.1, 0.15) is 42.4 Å². The number of anilines is 1. The van der Waals surface area contributed by atoms with Gasteiger partial charge < -0.3 is 14.9 Å². The molecule has 144 valence electrons. The molecule has 2 saturated heterocycles. The molecule has 0 unspecified atom stereocenters. The molecule has 3 aliphatic rings. The van der Waals surface area contributed by atoms with Gasteiger partial charge in [0.15, 0.2) is 0 Å². The average molecular weight is 366 g/mol. The standard InChI is InChI=1S/C23H31N3O/c1-16-11-22(24-20-13-18-6-3-5-17(18)12-19(16)20)26-10-8-23(15-27)7-4-9-25(2)21(23)14-26/h11-13,21,27H,3-10,14-15H2,1-2H3/t21-,23-/m1/s1. The van der Waals surface area contributed by atoms with Crippen molar-refractivity contribution in [1.82, 2.24) is 9.88 Å². The number of nitrogens with zero attached hydrogens (tertiary/aromatic N) is 3. The lowest BCUT2D eigenvalue weighted by atomic mass is 9.69. The normalized spacial score (nSPS) is 28.4. The fraction of sp³-hybridized carbons (Fsp3) is 0.609. The molecule has 2 aliphatic heterocycles. The van der Waals surface area contributed by atoms with Gasteiger partial charge in [-0.05, 0) is 93.9 Å². The zero-order valence-corrected chi connectivity index (χ0v) is 16.7. The second kappa shape index (κ2) is 6.46. The monoisotopic (exact) mass is 365 g/mol. The summed E-state index contributed by atoms with van der Waals surface area (Å²) in [5.74, 6) is 1.11. The molecule has 0 radical (unpaired) electrons. The summed E-state index contributed by atoms with van der Waals surface area (Å²) in [6.45, 7) is 5.64. The van der Waals surface area contributed by atoms with Gasteiger partial charge in [0, 0.05) is 29.9 Å². The summed E-state index contributed by atoms with van der Waals surface area (Å²) in [7, 11) is 2.22. The van der Waals surface area contributed by atoms with Gasteiger partial charge in [0.05, 0.1) is 12.1 Å². The Labute approximate surface area is 162 Å². The van der Waals surface area contributed by atoms with Gasteiger partial charge in [0.2, 0.25) is 0 Å². The van der Waals surface area contributed by atoms with E-state index in [1.165, 1.54) is 47.8 Å². The number of aryl methyl sites for hydroxylation is 3. The van der Waals surface area contributed by atoms with Crippen molar-refractivity contribution in [3.05, 3.63) is 34.9 Å². The van der Waals surface area contributed by atoms with Gasteiger partial charge in [-0.1, -0.05) is 0 Å². The summed E-state index contributed by atoms with van der Waals surface area (Å²) < 4.78 is 0. The third-order valence-electron chi connectivity index (χ3n) is 7.55. The third kappa shape index (κ3) is 2.76. The Bertz CT molecular complexity index is 880. The molecule has 27 heavy (non-hydrogen) atoms. The molecule has 0 bridgehead atoms. The number of hydrogen-bond acceptors (Lipinski definition) is 4. The van der Waals surface area contributed by atoms with E-state index in [0.29, 0.717) is 12.6 Å². The van der Waals surface area contributed by atoms with Crippen LogP contribution in [0, 0.1) is 12.3 Å². The van der Waals surface area contributed by atoms with Gasteiger partial charge >= 0.3 is 0 Å². The zero-order chi connectivity index (χ0) is 18.6. The van der Waals surface area contributed by atoms with Gasteiger partial charge in [-0.2, -0.15) is 0 Å². The molecule has 2 fully saturated rings. The zero-order valence-electron chi connectivity index (χ0n) is 16.7. The quantitative estimate of drug-likeness (QED) is 0.886. The molecule has 2 atom stereocenters. The summed E-state index contributed by atoms with van der Waals surface area (Å²) in [6.07, 6.45) is 7.11. The van der Waals surface area contributed by atoms with Crippen LogP contribution < -0.4 is 4.90 Å². The molecular formula is C23H31N3O. The number of aliphatic hydroxyl groups excluding tert-OH is 1. The van der Waals surface area contributed by atoms with Crippen LogP contribution in [0.15, 0.2) is 18.2 Å². The molecule has 4 nitrogen and oxygen atoms in total. The average Bonchev–Trinajstić information content (AvgIpc) is 3.14.